The van der Waals surface area contributed by atoms with Crippen LogP contribution in [0.1, 0.15) is 40.5 Å². The number of methoxy groups -OCH3 is 1. The minimum absolute atomic E-state index is 0.140. The number of rotatable bonds is 2. The lowest BCUT2D eigenvalue weighted by Crippen LogP contribution is -2.47. The molecule has 3 atom stereocenters. The first-order valence-electron chi connectivity index (χ1n) is 6.50. The first kappa shape index (κ1) is 15.8. The third-order valence-corrected chi connectivity index (χ3v) is 3.26. The number of carbonyl (C=O) groups excluding carboxylic acids is 2. The first-order chi connectivity index (χ1) is 8.71. The standard InChI is InChI=1S/C14H23NO4/c1-7-10-9(2)8-11(12(16)18-6)15(10)13(17)19-14(3,4)5/h1,9-11H,7-8H2,2-6H3/t9-,10-,11+/m1/s1. The van der Waals surface area contributed by atoms with Gasteiger partial charge in [0.2, 0.25) is 0 Å². The Morgan fingerprint density at radius 1 is 1.37 bits per heavy atom. The van der Waals surface area contributed by atoms with Crippen molar-refractivity contribution in [1.29, 1.82) is 0 Å². The summed E-state index contributed by atoms with van der Waals surface area (Å²) in [6.45, 7) is 13.0. The molecule has 0 aromatic heterocycles. The third-order valence-electron chi connectivity index (χ3n) is 3.26. The van der Waals surface area contributed by atoms with Crippen molar-refractivity contribution in [1.82, 2.24) is 4.90 Å². The topological polar surface area (TPSA) is 55.8 Å². The van der Waals surface area contributed by atoms with Gasteiger partial charge in [-0.1, -0.05) is 6.92 Å². The Hall–Kier alpha value is -1.26. The SMILES string of the molecule is [CH]C[C@@H]1[C@H](C)C[C@@H](C(=O)OC)N1C(=O)OC(C)(C)C. The predicted octanol–water partition coefficient (Wildman–Crippen LogP) is 2.27. The number of ether oxygens (including phenoxy) is 2. The van der Waals surface area contributed by atoms with Gasteiger partial charge in [-0.3, -0.25) is 4.90 Å². The highest BCUT2D eigenvalue weighted by Gasteiger charge is 2.46. The predicted molar refractivity (Wildman–Crippen MR) is 70.4 cm³/mol. The van der Waals surface area contributed by atoms with Gasteiger partial charge in [-0.25, -0.2) is 9.59 Å². The summed E-state index contributed by atoms with van der Waals surface area (Å²) in [5, 5.41) is 0. The van der Waals surface area contributed by atoms with Crippen LogP contribution in [0.4, 0.5) is 4.79 Å². The Labute approximate surface area is 115 Å². The molecule has 0 N–H and O–H groups in total. The highest BCUT2D eigenvalue weighted by atomic mass is 16.6. The van der Waals surface area contributed by atoms with Gasteiger partial charge in [-0.15, -0.1) is 0 Å². The van der Waals surface area contributed by atoms with E-state index in [-0.39, 0.29) is 12.0 Å². The molecule has 1 aliphatic rings. The van der Waals surface area contributed by atoms with E-state index in [1.807, 2.05) is 6.92 Å². The van der Waals surface area contributed by atoms with Gasteiger partial charge < -0.3 is 9.47 Å². The molecule has 0 aromatic carbocycles. The zero-order valence-electron chi connectivity index (χ0n) is 12.3. The first-order valence-corrected chi connectivity index (χ1v) is 6.50. The molecule has 5 heteroatoms. The molecule has 0 aliphatic carbocycles. The second-order valence-electron chi connectivity index (χ2n) is 5.94. The number of nitrogens with zero attached hydrogens (tertiary/aromatic N) is 1. The molecule has 0 aromatic rings. The number of hydrogen-bond acceptors (Lipinski definition) is 4. The molecule has 19 heavy (non-hydrogen) atoms. The fraction of sp³-hybridized carbons (Fsp3) is 0.786. The number of hydrogen-bond donors (Lipinski definition) is 0. The van der Waals surface area contributed by atoms with E-state index < -0.39 is 23.7 Å². The van der Waals surface area contributed by atoms with Gasteiger partial charge >= 0.3 is 12.1 Å². The largest absolute Gasteiger partial charge is 0.467 e. The maximum absolute atomic E-state index is 12.2. The lowest BCUT2D eigenvalue weighted by Gasteiger charge is -2.31. The van der Waals surface area contributed by atoms with Crippen molar-refractivity contribution in [2.75, 3.05) is 7.11 Å². The van der Waals surface area contributed by atoms with Crippen molar-refractivity contribution >= 4 is 12.1 Å². The van der Waals surface area contributed by atoms with Gasteiger partial charge in [0.05, 0.1) is 7.11 Å². The van der Waals surface area contributed by atoms with E-state index in [0.29, 0.717) is 12.8 Å². The summed E-state index contributed by atoms with van der Waals surface area (Å²) in [4.78, 5) is 25.5. The van der Waals surface area contributed by atoms with E-state index in [9.17, 15) is 9.59 Å². The quantitative estimate of drug-likeness (QED) is 0.722. The van der Waals surface area contributed by atoms with Gasteiger partial charge in [0, 0.05) is 6.04 Å². The van der Waals surface area contributed by atoms with Crippen molar-refractivity contribution in [2.45, 2.75) is 58.2 Å². The van der Waals surface area contributed by atoms with Crippen LogP contribution in [0.3, 0.4) is 0 Å². The summed E-state index contributed by atoms with van der Waals surface area (Å²) >= 11 is 0. The molecule has 1 fully saturated rings. The van der Waals surface area contributed by atoms with Gasteiger partial charge in [0.15, 0.2) is 0 Å². The van der Waals surface area contributed by atoms with Gasteiger partial charge in [0.25, 0.3) is 0 Å². The number of esters is 1. The summed E-state index contributed by atoms with van der Waals surface area (Å²) in [5.74, 6) is -0.282. The minimum atomic E-state index is -0.608. The summed E-state index contributed by atoms with van der Waals surface area (Å²) in [7, 11) is 1.32. The highest BCUT2D eigenvalue weighted by Crippen LogP contribution is 2.33. The van der Waals surface area contributed by atoms with Crippen molar-refractivity contribution < 1.29 is 19.1 Å². The third kappa shape index (κ3) is 3.61. The number of likely N-dealkylation sites (tertiary alicyclic amines) is 1. The van der Waals surface area contributed by atoms with Crippen LogP contribution in [0.25, 0.3) is 0 Å². The molecular formula is C14H23NO4. The van der Waals surface area contributed by atoms with Crippen LogP contribution in [0.15, 0.2) is 0 Å². The molecule has 1 saturated heterocycles. The molecule has 0 saturated carbocycles. The van der Waals surface area contributed by atoms with E-state index >= 15 is 0 Å². The van der Waals surface area contributed by atoms with Crippen LogP contribution in [-0.4, -0.2) is 41.8 Å². The molecule has 1 aliphatic heterocycles. The van der Waals surface area contributed by atoms with Crippen molar-refractivity contribution in [3.05, 3.63) is 6.92 Å². The zero-order chi connectivity index (χ0) is 14.8. The molecule has 2 radical (unpaired) electrons. The van der Waals surface area contributed by atoms with Crippen molar-refractivity contribution in [2.24, 2.45) is 5.92 Å². The maximum atomic E-state index is 12.2. The molecule has 0 unspecified atom stereocenters. The molecule has 1 rings (SSSR count). The van der Waals surface area contributed by atoms with Crippen molar-refractivity contribution in [3.63, 3.8) is 0 Å². The average Bonchev–Trinajstić information content (AvgIpc) is 2.62. The number of amides is 1. The summed E-state index contributed by atoms with van der Waals surface area (Å²) in [5.41, 5.74) is -0.608. The minimum Gasteiger partial charge on any atom is -0.467 e. The average molecular weight is 269 g/mol. The van der Waals surface area contributed by atoms with Gasteiger partial charge in [-0.05, 0) is 46.5 Å². The molecule has 108 valence electrons. The molecule has 0 spiro atoms. The van der Waals surface area contributed by atoms with Crippen LogP contribution in [-0.2, 0) is 14.3 Å². The Morgan fingerprint density at radius 2 is 1.95 bits per heavy atom. The van der Waals surface area contributed by atoms with E-state index in [1.54, 1.807) is 20.8 Å². The zero-order valence-corrected chi connectivity index (χ0v) is 12.3. The van der Waals surface area contributed by atoms with Gasteiger partial charge in [-0.2, -0.15) is 0 Å². The fourth-order valence-electron chi connectivity index (χ4n) is 2.40. The molecule has 0 bridgehead atoms. The van der Waals surface area contributed by atoms with Crippen molar-refractivity contribution in [3.8, 4) is 0 Å². The van der Waals surface area contributed by atoms with E-state index in [2.05, 4.69) is 0 Å². The van der Waals surface area contributed by atoms with Gasteiger partial charge in [0.1, 0.15) is 11.6 Å². The maximum Gasteiger partial charge on any atom is 0.411 e. The molecular weight excluding hydrogens is 246 g/mol. The fourth-order valence-corrected chi connectivity index (χ4v) is 2.40. The van der Waals surface area contributed by atoms with Crippen LogP contribution in [0.5, 0.6) is 0 Å². The van der Waals surface area contributed by atoms with E-state index in [4.69, 9.17) is 16.4 Å². The lowest BCUT2D eigenvalue weighted by atomic mass is 10.00. The van der Waals surface area contributed by atoms with Crippen LogP contribution in [0.2, 0.25) is 0 Å². The normalized spacial score (nSPS) is 27.3. The Morgan fingerprint density at radius 3 is 2.37 bits per heavy atom. The lowest BCUT2D eigenvalue weighted by molar-refractivity contribution is -0.146. The van der Waals surface area contributed by atoms with Crippen LogP contribution >= 0.6 is 0 Å². The molecule has 5 nitrogen and oxygen atoms in total. The summed E-state index contributed by atoms with van der Waals surface area (Å²) < 4.78 is 10.1. The smallest absolute Gasteiger partial charge is 0.411 e. The monoisotopic (exact) mass is 269 g/mol. The molecule has 1 amide bonds. The summed E-state index contributed by atoms with van der Waals surface area (Å²) in [6, 6.07) is -0.803. The second-order valence-corrected chi connectivity index (χ2v) is 5.94. The van der Waals surface area contributed by atoms with E-state index in [0.717, 1.165) is 0 Å². The second kappa shape index (κ2) is 5.80. The Balaban J connectivity index is 2.95. The highest BCUT2D eigenvalue weighted by molar-refractivity contribution is 5.82. The summed E-state index contributed by atoms with van der Waals surface area (Å²) in [6.07, 6.45) is 0.338. The van der Waals surface area contributed by atoms with Crippen LogP contribution in [0, 0.1) is 12.8 Å². The molecule has 1 heterocycles. The van der Waals surface area contributed by atoms with E-state index in [1.165, 1.54) is 12.0 Å². The Kier molecular flexibility index (Phi) is 4.82. The Bertz CT molecular complexity index is 348. The van der Waals surface area contributed by atoms with Crippen LogP contribution < -0.4 is 0 Å². The number of carbonyl (C=O) groups is 2.